The number of carbonyl (C=O) groups excluding carboxylic acids is 2. The SMILES string of the molecule is Cc1cccc(NC(=O)COC(=O)c2ccc([N+](=O)[O-])cc2)c1. The molecule has 0 aliphatic rings. The largest absolute Gasteiger partial charge is 0.452 e. The summed E-state index contributed by atoms with van der Waals surface area (Å²) in [5.41, 5.74) is 1.62. The minimum absolute atomic E-state index is 0.126. The number of rotatable bonds is 5. The van der Waals surface area contributed by atoms with Crippen LogP contribution in [0.4, 0.5) is 11.4 Å². The molecule has 2 aromatic carbocycles. The van der Waals surface area contributed by atoms with Crippen LogP contribution in [0.25, 0.3) is 0 Å². The first-order valence-corrected chi connectivity index (χ1v) is 6.74. The average molecular weight is 314 g/mol. The van der Waals surface area contributed by atoms with Crippen LogP contribution in [0.3, 0.4) is 0 Å². The number of hydrogen-bond donors (Lipinski definition) is 1. The van der Waals surface area contributed by atoms with Gasteiger partial charge in [-0.25, -0.2) is 4.79 Å². The number of carbonyl (C=O) groups is 2. The summed E-state index contributed by atoms with van der Waals surface area (Å²) >= 11 is 0. The van der Waals surface area contributed by atoms with Gasteiger partial charge in [0.2, 0.25) is 0 Å². The molecule has 2 rings (SSSR count). The third kappa shape index (κ3) is 4.63. The first kappa shape index (κ1) is 16.2. The Labute approximate surface area is 132 Å². The molecule has 2 aromatic rings. The van der Waals surface area contributed by atoms with Gasteiger partial charge in [0.15, 0.2) is 6.61 Å². The smallest absolute Gasteiger partial charge is 0.338 e. The molecule has 7 nitrogen and oxygen atoms in total. The van der Waals surface area contributed by atoms with Gasteiger partial charge in [-0.2, -0.15) is 0 Å². The third-order valence-corrected chi connectivity index (χ3v) is 2.95. The summed E-state index contributed by atoms with van der Waals surface area (Å²) in [5, 5.41) is 13.1. The molecule has 0 atom stereocenters. The van der Waals surface area contributed by atoms with E-state index in [1.807, 2.05) is 13.0 Å². The van der Waals surface area contributed by atoms with E-state index in [9.17, 15) is 19.7 Å². The van der Waals surface area contributed by atoms with Crippen molar-refractivity contribution in [1.29, 1.82) is 0 Å². The normalized spacial score (nSPS) is 9.96. The summed E-state index contributed by atoms with van der Waals surface area (Å²) in [6.07, 6.45) is 0. The van der Waals surface area contributed by atoms with Crippen molar-refractivity contribution in [3.05, 3.63) is 69.8 Å². The lowest BCUT2D eigenvalue weighted by atomic mass is 10.2. The molecule has 0 aliphatic carbocycles. The molecule has 0 bridgehead atoms. The molecule has 0 aliphatic heterocycles. The highest BCUT2D eigenvalue weighted by Crippen LogP contribution is 2.13. The summed E-state index contributed by atoms with van der Waals surface area (Å²) < 4.78 is 4.87. The second-order valence-corrected chi connectivity index (χ2v) is 4.80. The van der Waals surface area contributed by atoms with Crippen LogP contribution in [0.2, 0.25) is 0 Å². The first-order chi connectivity index (χ1) is 11.0. The molecule has 0 spiro atoms. The monoisotopic (exact) mass is 314 g/mol. The van der Waals surface area contributed by atoms with E-state index in [1.165, 1.54) is 24.3 Å². The van der Waals surface area contributed by atoms with Gasteiger partial charge in [-0.15, -0.1) is 0 Å². The number of nitrogens with one attached hydrogen (secondary N) is 1. The molecule has 7 heteroatoms. The first-order valence-electron chi connectivity index (χ1n) is 6.74. The van der Waals surface area contributed by atoms with Gasteiger partial charge in [0.25, 0.3) is 11.6 Å². The zero-order valence-electron chi connectivity index (χ0n) is 12.3. The summed E-state index contributed by atoms with van der Waals surface area (Å²) in [4.78, 5) is 33.5. The number of non-ortho nitro benzene ring substituents is 1. The quantitative estimate of drug-likeness (QED) is 0.519. The maximum absolute atomic E-state index is 11.8. The summed E-state index contributed by atoms with van der Waals surface area (Å²) in [7, 11) is 0. The van der Waals surface area contributed by atoms with Gasteiger partial charge in [-0.3, -0.25) is 14.9 Å². The van der Waals surface area contributed by atoms with Crippen LogP contribution in [-0.4, -0.2) is 23.4 Å². The fraction of sp³-hybridized carbons (Fsp3) is 0.125. The molecule has 1 amide bonds. The van der Waals surface area contributed by atoms with Crippen molar-refractivity contribution < 1.29 is 19.2 Å². The number of anilines is 1. The molecule has 0 saturated carbocycles. The maximum Gasteiger partial charge on any atom is 0.338 e. The van der Waals surface area contributed by atoms with Crippen LogP contribution in [-0.2, 0) is 9.53 Å². The Morgan fingerprint density at radius 3 is 2.48 bits per heavy atom. The highest BCUT2D eigenvalue weighted by Gasteiger charge is 2.12. The molecule has 0 radical (unpaired) electrons. The fourth-order valence-electron chi connectivity index (χ4n) is 1.85. The predicted molar refractivity (Wildman–Crippen MR) is 83.2 cm³/mol. The van der Waals surface area contributed by atoms with E-state index in [0.717, 1.165) is 5.56 Å². The molecule has 23 heavy (non-hydrogen) atoms. The highest BCUT2D eigenvalue weighted by atomic mass is 16.6. The van der Waals surface area contributed by atoms with Crippen LogP contribution in [0.5, 0.6) is 0 Å². The summed E-state index contributed by atoms with van der Waals surface area (Å²) in [6, 6.07) is 12.2. The van der Waals surface area contributed by atoms with E-state index in [0.29, 0.717) is 5.69 Å². The number of aryl methyl sites for hydroxylation is 1. The zero-order chi connectivity index (χ0) is 16.8. The fourth-order valence-corrected chi connectivity index (χ4v) is 1.85. The Kier molecular flexibility index (Phi) is 5.03. The van der Waals surface area contributed by atoms with E-state index >= 15 is 0 Å². The van der Waals surface area contributed by atoms with E-state index in [1.54, 1.807) is 18.2 Å². The number of nitro groups is 1. The second kappa shape index (κ2) is 7.17. The summed E-state index contributed by atoms with van der Waals surface area (Å²) in [6.45, 7) is 1.45. The van der Waals surface area contributed by atoms with Crippen LogP contribution in [0, 0.1) is 17.0 Å². The molecular formula is C16H14N2O5. The average Bonchev–Trinajstić information content (AvgIpc) is 2.52. The minimum atomic E-state index is -0.723. The number of nitrogens with zero attached hydrogens (tertiary/aromatic N) is 1. The number of amides is 1. The Hall–Kier alpha value is -3.22. The van der Waals surface area contributed by atoms with Crippen molar-refractivity contribution in [3.63, 3.8) is 0 Å². The Bertz CT molecular complexity index is 740. The number of ether oxygens (including phenoxy) is 1. The number of nitro benzene ring substituents is 1. The van der Waals surface area contributed by atoms with Crippen LogP contribution >= 0.6 is 0 Å². The van der Waals surface area contributed by atoms with Crippen molar-refractivity contribution in [3.8, 4) is 0 Å². The lowest BCUT2D eigenvalue weighted by Gasteiger charge is -2.07. The number of esters is 1. The lowest BCUT2D eigenvalue weighted by Crippen LogP contribution is -2.20. The van der Waals surface area contributed by atoms with Gasteiger partial charge < -0.3 is 10.1 Å². The molecule has 0 heterocycles. The molecular weight excluding hydrogens is 300 g/mol. The van der Waals surface area contributed by atoms with Crippen molar-refractivity contribution in [2.24, 2.45) is 0 Å². The van der Waals surface area contributed by atoms with Crippen LogP contribution < -0.4 is 5.32 Å². The molecule has 118 valence electrons. The predicted octanol–water partition coefficient (Wildman–Crippen LogP) is 2.70. The van der Waals surface area contributed by atoms with Crippen LogP contribution in [0.15, 0.2) is 48.5 Å². The molecule has 0 unspecified atom stereocenters. The van der Waals surface area contributed by atoms with Crippen molar-refractivity contribution >= 4 is 23.3 Å². The minimum Gasteiger partial charge on any atom is -0.452 e. The van der Waals surface area contributed by atoms with Crippen molar-refractivity contribution in [2.75, 3.05) is 11.9 Å². The second-order valence-electron chi connectivity index (χ2n) is 4.80. The maximum atomic E-state index is 11.8. The molecule has 1 N–H and O–H groups in total. The van der Waals surface area contributed by atoms with E-state index in [2.05, 4.69) is 5.32 Å². The molecule has 0 saturated heterocycles. The van der Waals surface area contributed by atoms with E-state index < -0.39 is 23.4 Å². The molecule has 0 fully saturated rings. The van der Waals surface area contributed by atoms with Crippen LogP contribution in [0.1, 0.15) is 15.9 Å². The third-order valence-electron chi connectivity index (χ3n) is 2.95. The van der Waals surface area contributed by atoms with Gasteiger partial charge in [0, 0.05) is 17.8 Å². The topological polar surface area (TPSA) is 98.5 Å². The molecule has 0 aromatic heterocycles. The van der Waals surface area contributed by atoms with Gasteiger partial charge >= 0.3 is 5.97 Å². The number of benzene rings is 2. The van der Waals surface area contributed by atoms with Crippen molar-refractivity contribution in [2.45, 2.75) is 6.92 Å². The highest BCUT2D eigenvalue weighted by molar-refractivity contribution is 5.95. The van der Waals surface area contributed by atoms with Crippen molar-refractivity contribution in [1.82, 2.24) is 0 Å². The Balaban J connectivity index is 1.88. The zero-order valence-corrected chi connectivity index (χ0v) is 12.3. The van der Waals surface area contributed by atoms with Gasteiger partial charge in [-0.1, -0.05) is 12.1 Å². The summed E-state index contributed by atoms with van der Waals surface area (Å²) in [5.74, 6) is -1.19. The van der Waals surface area contributed by atoms with Gasteiger partial charge in [-0.05, 0) is 36.8 Å². The Morgan fingerprint density at radius 2 is 1.87 bits per heavy atom. The van der Waals surface area contributed by atoms with Gasteiger partial charge in [0.1, 0.15) is 0 Å². The Morgan fingerprint density at radius 1 is 1.17 bits per heavy atom. The number of hydrogen-bond acceptors (Lipinski definition) is 5. The van der Waals surface area contributed by atoms with Gasteiger partial charge in [0.05, 0.1) is 10.5 Å². The van der Waals surface area contributed by atoms with E-state index in [4.69, 9.17) is 4.74 Å². The van der Waals surface area contributed by atoms with E-state index in [-0.39, 0.29) is 11.3 Å². The standard InChI is InChI=1S/C16H14N2O5/c1-11-3-2-4-13(9-11)17-15(19)10-23-16(20)12-5-7-14(8-6-12)18(21)22/h2-9H,10H2,1H3,(H,17,19). The lowest BCUT2D eigenvalue weighted by molar-refractivity contribution is -0.384.